The molecule has 0 atom stereocenters. The van der Waals surface area contributed by atoms with Gasteiger partial charge in [-0.25, -0.2) is 0 Å². The number of aryl methyl sites for hydroxylation is 2. The number of nitrogens with zero attached hydrogens (tertiary/aromatic N) is 5. The maximum Gasteiger partial charge on any atom is 0.211 e. The minimum atomic E-state index is 0.142. The van der Waals surface area contributed by atoms with Crippen LogP contribution in [0.2, 0.25) is 0 Å². The zero-order valence-corrected chi connectivity index (χ0v) is 24.7. The molecule has 0 saturated carbocycles. The van der Waals surface area contributed by atoms with Gasteiger partial charge in [0.15, 0.2) is 12.4 Å². The van der Waals surface area contributed by atoms with Crippen LogP contribution in [0.5, 0.6) is 11.5 Å². The third kappa shape index (κ3) is 9.09. The molecule has 1 heterocycles. The van der Waals surface area contributed by atoms with E-state index in [0.717, 1.165) is 53.5 Å². The van der Waals surface area contributed by atoms with E-state index in [1.807, 2.05) is 58.0 Å². The molecule has 3 N–H and O–H groups in total. The van der Waals surface area contributed by atoms with Gasteiger partial charge in [0.2, 0.25) is 5.82 Å². The second-order valence-electron chi connectivity index (χ2n) is 9.93. The molecule has 10 heteroatoms. The highest BCUT2D eigenvalue weighted by Crippen LogP contribution is 2.37. The van der Waals surface area contributed by atoms with Crippen molar-refractivity contribution in [1.82, 2.24) is 20.6 Å². The number of carbonyl (C=O) groups is 1. The van der Waals surface area contributed by atoms with E-state index in [2.05, 4.69) is 50.0 Å². The normalized spacial score (nSPS) is 12.7. The standard InChI is InChI=1S/C31H41N7O3/c1-6-8-14-28(39)26(16-15-24-12-10-9-11-13-24)23(5)31-22(4)17-25(40-20-30-34-37-38-35-30)18-29(31)41-19-27(33-36-32)21(3)7-2/h9-13,17-18H,6-8,14-16,19-20H2,1-5H3,(H2,32,33)(H,34,35,37,38)/b26-23-,27-21?. The Morgan fingerprint density at radius 2 is 1.85 bits per heavy atom. The van der Waals surface area contributed by atoms with E-state index >= 15 is 0 Å². The van der Waals surface area contributed by atoms with E-state index in [9.17, 15) is 4.79 Å². The number of Topliss-reactive ketones (excluding diaryl/α,β-unsaturated/α-hetero) is 1. The Balaban J connectivity index is 2.06. The minimum Gasteiger partial charge on any atom is -0.486 e. The van der Waals surface area contributed by atoms with Crippen LogP contribution in [0.25, 0.3) is 5.57 Å². The molecule has 0 aliphatic heterocycles. The fourth-order valence-corrected chi connectivity index (χ4v) is 4.54. The quantitative estimate of drug-likeness (QED) is 0.0867. The summed E-state index contributed by atoms with van der Waals surface area (Å²) in [5.41, 5.74) is 6.37. The Labute approximate surface area is 242 Å². The van der Waals surface area contributed by atoms with Crippen LogP contribution >= 0.6 is 0 Å². The summed E-state index contributed by atoms with van der Waals surface area (Å²) in [6.45, 7) is 10.4. The Morgan fingerprint density at radius 3 is 2.51 bits per heavy atom. The number of rotatable bonds is 16. The number of ketones is 1. The lowest BCUT2D eigenvalue weighted by atomic mass is 9.89. The van der Waals surface area contributed by atoms with E-state index in [1.54, 1.807) is 0 Å². The van der Waals surface area contributed by atoms with Gasteiger partial charge in [0.1, 0.15) is 23.8 Å². The first-order chi connectivity index (χ1) is 19.9. The van der Waals surface area contributed by atoms with Gasteiger partial charge in [-0.15, -0.1) is 15.3 Å². The lowest BCUT2D eigenvalue weighted by Gasteiger charge is -2.20. The maximum absolute atomic E-state index is 13.5. The monoisotopic (exact) mass is 559 g/mol. The maximum atomic E-state index is 13.5. The Kier molecular flexibility index (Phi) is 12.2. The summed E-state index contributed by atoms with van der Waals surface area (Å²) in [6, 6.07) is 14.0. The number of allylic oxidation sites excluding steroid dienone is 3. The molecule has 0 spiro atoms. The van der Waals surface area contributed by atoms with Crippen LogP contribution in [0.4, 0.5) is 0 Å². The average molecular weight is 560 g/mol. The van der Waals surface area contributed by atoms with E-state index in [4.69, 9.17) is 15.3 Å². The van der Waals surface area contributed by atoms with Gasteiger partial charge >= 0.3 is 0 Å². The molecule has 0 amide bonds. The summed E-state index contributed by atoms with van der Waals surface area (Å²) < 4.78 is 12.4. The topological polar surface area (TPSA) is 141 Å². The second kappa shape index (κ2) is 16.1. The Hall–Kier alpha value is -4.34. The van der Waals surface area contributed by atoms with Crippen molar-refractivity contribution in [3.8, 4) is 11.5 Å². The highest BCUT2D eigenvalue weighted by Gasteiger charge is 2.20. The molecule has 0 fully saturated rings. The van der Waals surface area contributed by atoms with Gasteiger partial charge < -0.3 is 15.3 Å². The Bertz CT molecular complexity index is 1360. The molecule has 41 heavy (non-hydrogen) atoms. The van der Waals surface area contributed by atoms with Crippen LogP contribution in [-0.2, 0) is 17.8 Å². The zero-order valence-electron chi connectivity index (χ0n) is 24.7. The van der Waals surface area contributed by atoms with Crippen LogP contribution in [0.15, 0.2) is 69.6 Å². The largest absolute Gasteiger partial charge is 0.486 e. The molecule has 0 bridgehead atoms. The predicted octanol–water partition coefficient (Wildman–Crippen LogP) is 6.64. The number of nitrogens with one attached hydrogen (secondary N) is 1. The first-order valence-corrected chi connectivity index (χ1v) is 14.1. The number of unbranched alkanes of at least 4 members (excludes halogenated alkanes) is 1. The molecule has 0 aliphatic carbocycles. The molecule has 3 rings (SSSR count). The Morgan fingerprint density at radius 1 is 1.07 bits per heavy atom. The first-order valence-electron chi connectivity index (χ1n) is 14.1. The van der Waals surface area contributed by atoms with Gasteiger partial charge in [-0.05, 0) is 80.4 Å². The van der Waals surface area contributed by atoms with Gasteiger partial charge in [0.25, 0.3) is 0 Å². The molecule has 218 valence electrons. The number of ether oxygens (including phenoxy) is 2. The summed E-state index contributed by atoms with van der Waals surface area (Å²) in [4.78, 5) is 13.5. The number of hydrogen-bond acceptors (Lipinski definition) is 8. The van der Waals surface area contributed by atoms with Crippen LogP contribution in [0, 0.1) is 6.92 Å². The molecule has 10 nitrogen and oxygen atoms in total. The van der Waals surface area contributed by atoms with Crippen LogP contribution in [0.3, 0.4) is 0 Å². The number of nitrogens with two attached hydrogens (primary N) is 1. The third-order valence-corrected chi connectivity index (χ3v) is 7.02. The summed E-state index contributed by atoms with van der Waals surface area (Å²) in [5, 5.41) is 21.5. The smallest absolute Gasteiger partial charge is 0.211 e. The van der Waals surface area contributed by atoms with Crippen LogP contribution < -0.4 is 15.3 Å². The predicted molar refractivity (Wildman–Crippen MR) is 159 cm³/mol. The number of tetrazole rings is 1. The van der Waals surface area contributed by atoms with E-state index in [1.165, 1.54) is 5.56 Å². The molecular formula is C31H41N7O3. The van der Waals surface area contributed by atoms with Crippen LogP contribution in [-0.4, -0.2) is 33.0 Å². The van der Waals surface area contributed by atoms with E-state index in [-0.39, 0.29) is 19.0 Å². The lowest BCUT2D eigenvalue weighted by Crippen LogP contribution is -2.10. The van der Waals surface area contributed by atoms with Gasteiger partial charge in [0, 0.05) is 18.1 Å². The van der Waals surface area contributed by atoms with Crippen molar-refractivity contribution in [1.29, 1.82) is 0 Å². The fraction of sp³-hybridized carbons (Fsp3) is 0.419. The molecule has 1 aromatic heterocycles. The minimum absolute atomic E-state index is 0.142. The number of hydrogen-bond donors (Lipinski definition) is 2. The van der Waals surface area contributed by atoms with Gasteiger partial charge in [-0.3, -0.25) is 4.79 Å². The molecule has 2 aromatic carbocycles. The third-order valence-electron chi connectivity index (χ3n) is 7.02. The second-order valence-corrected chi connectivity index (χ2v) is 9.93. The first kappa shape index (κ1) is 31.2. The summed E-state index contributed by atoms with van der Waals surface area (Å²) in [6.07, 6.45) is 4.50. The molecular weight excluding hydrogens is 518 g/mol. The number of aromatic nitrogens is 4. The van der Waals surface area contributed by atoms with Crippen molar-refractivity contribution in [3.63, 3.8) is 0 Å². The highest BCUT2D eigenvalue weighted by atomic mass is 16.5. The van der Waals surface area contributed by atoms with E-state index < -0.39 is 0 Å². The summed E-state index contributed by atoms with van der Waals surface area (Å²) in [5.74, 6) is 7.15. The van der Waals surface area contributed by atoms with Crippen molar-refractivity contribution in [3.05, 3.63) is 81.8 Å². The number of carbonyl (C=O) groups excluding carboxylic acids is 1. The summed E-state index contributed by atoms with van der Waals surface area (Å²) in [7, 11) is 0. The molecule has 0 radical (unpaired) electrons. The van der Waals surface area contributed by atoms with Crippen LogP contribution in [0.1, 0.15) is 82.3 Å². The average Bonchev–Trinajstić information content (AvgIpc) is 3.51. The number of aromatic amines is 1. The molecule has 0 aliphatic rings. The number of benzene rings is 2. The van der Waals surface area contributed by atoms with Gasteiger partial charge in [-0.1, -0.05) is 61.0 Å². The summed E-state index contributed by atoms with van der Waals surface area (Å²) >= 11 is 0. The highest BCUT2D eigenvalue weighted by molar-refractivity contribution is 6.03. The van der Waals surface area contributed by atoms with Crippen molar-refractivity contribution in [2.75, 3.05) is 6.61 Å². The molecule has 3 aromatic rings. The SMILES string of the molecule is CCCCC(=O)/C(CCc1ccccc1)=C(/C)c1c(C)cc(OCc2nn[nH]n2)cc1OCC(N=NN)=C(C)CC. The fourth-order valence-electron chi connectivity index (χ4n) is 4.54. The molecule has 0 unspecified atom stereocenters. The van der Waals surface area contributed by atoms with Crippen molar-refractivity contribution in [2.24, 2.45) is 16.2 Å². The van der Waals surface area contributed by atoms with Gasteiger partial charge in [-0.2, -0.15) is 5.21 Å². The van der Waals surface area contributed by atoms with E-state index in [0.29, 0.717) is 35.9 Å². The van der Waals surface area contributed by atoms with Gasteiger partial charge in [0.05, 0.1) is 0 Å². The number of H-pyrrole nitrogens is 1. The van der Waals surface area contributed by atoms with Crippen molar-refractivity contribution >= 4 is 11.4 Å². The van der Waals surface area contributed by atoms with Crippen molar-refractivity contribution < 1.29 is 14.3 Å². The zero-order chi connectivity index (χ0) is 29.6. The lowest BCUT2D eigenvalue weighted by molar-refractivity contribution is -0.115. The van der Waals surface area contributed by atoms with Crippen molar-refractivity contribution in [2.45, 2.75) is 79.8 Å². The molecule has 0 saturated heterocycles.